The fourth-order valence-electron chi connectivity index (χ4n) is 4.39. The molecule has 0 fully saturated rings. The normalized spacial score (nSPS) is 11.3. The van der Waals surface area contributed by atoms with Gasteiger partial charge in [-0.05, 0) is 28.8 Å². The highest BCUT2D eigenvalue weighted by Gasteiger charge is 2.37. The van der Waals surface area contributed by atoms with Crippen molar-refractivity contribution < 1.29 is 14.3 Å². The second-order valence-electron chi connectivity index (χ2n) is 8.29. The average molecular weight is 514 g/mol. The van der Waals surface area contributed by atoms with Crippen LogP contribution in [0.3, 0.4) is 0 Å². The first kappa shape index (κ1) is 24.3. The number of hydrogen-bond donors (Lipinski definition) is 1. The summed E-state index contributed by atoms with van der Waals surface area (Å²) in [5.74, 6) is 0.587. The first-order valence-electron chi connectivity index (χ1n) is 11.5. The van der Waals surface area contributed by atoms with Crippen molar-refractivity contribution in [1.82, 2.24) is 19.5 Å². The summed E-state index contributed by atoms with van der Waals surface area (Å²) in [5, 5.41) is 3.76. The maximum absolute atomic E-state index is 12.0. The van der Waals surface area contributed by atoms with Crippen LogP contribution < -0.4 is 10.1 Å². The lowest BCUT2D eigenvalue weighted by Crippen LogP contribution is -2.38. The number of esters is 1. The Balaban J connectivity index is 1.73. The van der Waals surface area contributed by atoms with E-state index in [-0.39, 0.29) is 17.6 Å². The molecule has 3 aromatic carbocycles. The number of carbonyl (C=O) groups is 1. The van der Waals surface area contributed by atoms with Crippen molar-refractivity contribution in [3.05, 3.63) is 113 Å². The van der Waals surface area contributed by atoms with Crippen LogP contribution in [0.1, 0.15) is 16.7 Å². The van der Waals surface area contributed by atoms with Gasteiger partial charge in [-0.2, -0.15) is 9.97 Å². The lowest BCUT2D eigenvalue weighted by atomic mass is 9.77. The molecular formula is C28H24ClN5O3. The number of aromatic nitrogens is 4. The Morgan fingerprint density at radius 3 is 2.05 bits per heavy atom. The minimum absolute atomic E-state index is 0.0548. The maximum atomic E-state index is 12.0. The van der Waals surface area contributed by atoms with Gasteiger partial charge in [-0.3, -0.25) is 4.79 Å². The fraction of sp³-hybridized carbons (Fsp3) is 0.143. The molecular weight excluding hydrogens is 490 g/mol. The van der Waals surface area contributed by atoms with Crippen molar-refractivity contribution in [2.75, 3.05) is 19.5 Å². The Labute approximate surface area is 218 Å². The monoisotopic (exact) mass is 513 g/mol. The predicted molar refractivity (Wildman–Crippen MR) is 142 cm³/mol. The SMILES string of the molecule is COC(=O)Cn1cnc2c(Cl)nc(NC(c3ccccc3)(c3ccccc3)c3ccc(OC)cc3)nc21. The Morgan fingerprint density at radius 1 is 0.892 bits per heavy atom. The van der Waals surface area contributed by atoms with Crippen LogP contribution in [0.15, 0.2) is 91.3 Å². The minimum atomic E-state index is -0.890. The second-order valence-corrected chi connectivity index (χ2v) is 8.65. The zero-order valence-electron chi connectivity index (χ0n) is 20.3. The Bertz CT molecular complexity index is 1480. The minimum Gasteiger partial charge on any atom is -0.497 e. The number of fused-ring (bicyclic) bond motifs is 1. The predicted octanol–water partition coefficient (Wildman–Crippen LogP) is 5.07. The van der Waals surface area contributed by atoms with Gasteiger partial charge in [0.15, 0.2) is 10.8 Å². The van der Waals surface area contributed by atoms with Gasteiger partial charge in [0.2, 0.25) is 5.95 Å². The zero-order valence-corrected chi connectivity index (χ0v) is 21.0. The molecule has 5 aromatic rings. The van der Waals surface area contributed by atoms with Crippen molar-refractivity contribution in [1.29, 1.82) is 0 Å². The van der Waals surface area contributed by atoms with E-state index in [0.29, 0.717) is 11.2 Å². The van der Waals surface area contributed by atoms with Crippen molar-refractivity contribution in [3.63, 3.8) is 0 Å². The van der Waals surface area contributed by atoms with Gasteiger partial charge in [0.25, 0.3) is 0 Å². The lowest BCUT2D eigenvalue weighted by Gasteiger charge is -2.37. The van der Waals surface area contributed by atoms with E-state index >= 15 is 0 Å². The van der Waals surface area contributed by atoms with Gasteiger partial charge in [0.05, 0.1) is 20.5 Å². The van der Waals surface area contributed by atoms with Crippen LogP contribution >= 0.6 is 11.6 Å². The van der Waals surface area contributed by atoms with Crippen LogP contribution in [0.5, 0.6) is 5.75 Å². The third-order valence-corrected chi connectivity index (χ3v) is 6.45. The molecule has 0 bridgehead atoms. The van der Waals surface area contributed by atoms with Crippen molar-refractivity contribution >= 4 is 34.7 Å². The molecule has 0 spiro atoms. The largest absolute Gasteiger partial charge is 0.497 e. The standard InChI is InChI=1S/C28H24ClN5O3/c1-36-22-15-13-21(14-16-22)28(19-9-5-3-6-10-19,20-11-7-4-8-12-20)33-27-31-25(29)24-26(32-27)34(18-30-24)17-23(35)37-2/h3-16,18H,17H2,1-2H3,(H,31,32,33). The molecule has 0 saturated carbocycles. The molecule has 0 unspecified atom stereocenters. The van der Waals surface area contributed by atoms with E-state index < -0.39 is 11.5 Å². The first-order valence-corrected chi connectivity index (χ1v) is 11.9. The number of benzene rings is 3. The molecule has 186 valence electrons. The average Bonchev–Trinajstić information content (AvgIpc) is 3.35. The molecule has 1 N–H and O–H groups in total. The number of methoxy groups -OCH3 is 2. The fourth-order valence-corrected chi connectivity index (χ4v) is 4.60. The second kappa shape index (κ2) is 10.3. The number of carbonyl (C=O) groups excluding carboxylic acids is 1. The highest BCUT2D eigenvalue weighted by atomic mass is 35.5. The van der Waals surface area contributed by atoms with Crippen molar-refractivity contribution in [3.8, 4) is 5.75 Å². The molecule has 0 atom stereocenters. The van der Waals surface area contributed by atoms with E-state index in [4.69, 9.17) is 26.1 Å². The lowest BCUT2D eigenvalue weighted by molar-refractivity contribution is -0.141. The summed E-state index contributed by atoms with van der Waals surface area (Å²) in [7, 11) is 2.97. The molecule has 0 aliphatic heterocycles. The Morgan fingerprint density at radius 2 is 1.49 bits per heavy atom. The number of ether oxygens (including phenoxy) is 2. The zero-order chi connectivity index (χ0) is 25.8. The quantitative estimate of drug-likeness (QED) is 0.176. The van der Waals surface area contributed by atoms with Gasteiger partial charge in [-0.1, -0.05) is 84.4 Å². The summed E-state index contributed by atoms with van der Waals surface area (Å²) in [6.07, 6.45) is 1.50. The summed E-state index contributed by atoms with van der Waals surface area (Å²) in [4.78, 5) is 25.5. The third-order valence-electron chi connectivity index (χ3n) is 6.18. The van der Waals surface area contributed by atoms with E-state index in [1.54, 1.807) is 11.7 Å². The van der Waals surface area contributed by atoms with E-state index in [2.05, 4.69) is 15.3 Å². The summed E-state index contributed by atoms with van der Waals surface area (Å²) in [5.41, 5.74) is 2.79. The number of nitrogens with zero attached hydrogens (tertiary/aromatic N) is 4. The summed E-state index contributed by atoms with van der Waals surface area (Å²) >= 11 is 6.55. The first-order chi connectivity index (χ1) is 18.0. The van der Waals surface area contributed by atoms with E-state index in [0.717, 1.165) is 22.4 Å². The summed E-state index contributed by atoms with van der Waals surface area (Å²) < 4.78 is 11.8. The smallest absolute Gasteiger partial charge is 0.325 e. The van der Waals surface area contributed by atoms with Crippen LogP contribution in [-0.2, 0) is 21.6 Å². The topological polar surface area (TPSA) is 91.2 Å². The molecule has 0 radical (unpaired) electrons. The molecule has 0 aliphatic carbocycles. The number of imidazole rings is 1. The highest BCUT2D eigenvalue weighted by Crippen LogP contribution is 2.40. The van der Waals surface area contributed by atoms with E-state index in [1.807, 2.05) is 84.9 Å². The van der Waals surface area contributed by atoms with E-state index in [9.17, 15) is 4.79 Å². The highest BCUT2D eigenvalue weighted by molar-refractivity contribution is 6.33. The summed E-state index contributed by atoms with van der Waals surface area (Å²) in [6, 6.07) is 27.9. The van der Waals surface area contributed by atoms with Crippen LogP contribution in [0.4, 0.5) is 5.95 Å². The van der Waals surface area contributed by atoms with Crippen LogP contribution in [0, 0.1) is 0 Å². The molecule has 37 heavy (non-hydrogen) atoms. The number of rotatable bonds is 8. The number of anilines is 1. The number of hydrogen-bond acceptors (Lipinski definition) is 7. The van der Waals surface area contributed by atoms with Crippen LogP contribution in [-0.4, -0.2) is 39.7 Å². The van der Waals surface area contributed by atoms with Gasteiger partial charge in [-0.15, -0.1) is 0 Å². The van der Waals surface area contributed by atoms with Gasteiger partial charge < -0.3 is 19.4 Å². The molecule has 0 amide bonds. The molecule has 2 aromatic heterocycles. The molecule has 0 aliphatic rings. The number of nitrogens with one attached hydrogen (secondary N) is 1. The Hall–Kier alpha value is -4.43. The summed E-state index contributed by atoms with van der Waals surface area (Å²) in [6.45, 7) is -0.0548. The van der Waals surface area contributed by atoms with Gasteiger partial charge in [0.1, 0.15) is 23.3 Å². The molecule has 9 heteroatoms. The molecule has 2 heterocycles. The Kier molecular flexibility index (Phi) is 6.74. The maximum Gasteiger partial charge on any atom is 0.325 e. The van der Waals surface area contributed by atoms with Gasteiger partial charge in [-0.25, -0.2) is 4.98 Å². The van der Waals surface area contributed by atoms with Crippen LogP contribution in [0.2, 0.25) is 5.15 Å². The molecule has 8 nitrogen and oxygen atoms in total. The van der Waals surface area contributed by atoms with Gasteiger partial charge >= 0.3 is 5.97 Å². The van der Waals surface area contributed by atoms with Crippen molar-refractivity contribution in [2.45, 2.75) is 12.1 Å². The third kappa shape index (κ3) is 4.59. The molecule has 0 saturated heterocycles. The van der Waals surface area contributed by atoms with E-state index in [1.165, 1.54) is 13.4 Å². The van der Waals surface area contributed by atoms with Crippen molar-refractivity contribution in [2.24, 2.45) is 0 Å². The van der Waals surface area contributed by atoms with Crippen LogP contribution in [0.25, 0.3) is 11.2 Å². The molecule has 5 rings (SSSR count). The van der Waals surface area contributed by atoms with Gasteiger partial charge in [0, 0.05) is 0 Å². The number of halogens is 1.